The van der Waals surface area contributed by atoms with E-state index in [-0.39, 0.29) is 0 Å². The number of hydrogen-bond donors (Lipinski definition) is 1. The van der Waals surface area contributed by atoms with Crippen molar-refractivity contribution in [2.75, 3.05) is 0 Å². The van der Waals surface area contributed by atoms with Crippen LogP contribution in [0.4, 0.5) is 0 Å². The van der Waals surface area contributed by atoms with Crippen LogP contribution in [0.5, 0.6) is 0 Å². The predicted molar refractivity (Wildman–Crippen MR) is 53.7 cm³/mol. The molecule has 0 bridgehead atoms. The molecule has 2 aliphatic carbocycles. The fourth-order valence-corrected chi connectivity index (χ4v) is 2.25. The van der Waals surface area contributed by atoms with Gasteiger partial charge in [0.05, 0.1) is 6.20 Å². The number of nitrogens with zero attached hydrogens (tertiary/aromatic N) is 2. The standard InChI is InChI=1S/C11H14N2O2/c14-10(15)11(4-1-5-11)13-7-9(6-12-13)8-2-3-8/h6-8H,1-5H2,(H,14,15). The van der Waals surface area contributed by atoms with Crippen LogP contribution in [-0.2, 0) is 10.3 Å². The highest BCUT2D eigenvalue weighted by Gasteiger charge is 2.47. The average Bonchev–Trinajstić information content (AvgIpc) is 2.85. The van der Waals surface area contributed by atoms with Crippen molar-refractivity contribution in [2.45, 2.75) is 43.6 Å². The van der Waals surface area contributed by atoms with E-state index < -0.39 is 11.5 Å². The van der Waals surface area contributed by atoms with Crippen molar-refractivity contribution in [1.82, 2.24) is 9.78 Å². The third kappa shape index (κ3) is 1.20. The molecule has 1 N–H and O–H groups in total. The molecule has 1 aromatic rings. The van der Waals surface area contributed by atoms with Gasteiger partial charge in [0, 0.05) is 6.20 Å². The molecule has 4 heteroatoms. The molecule has 3 rings (SSSR count). The normalized spacial score (nSPS) is 23.5. The molecule has 0 saturated heterocycles. The smallest absolute Gasteiger partial charge is 0.331 e. The van der Waals surface area contributed by atoms with E-state index in [1.165, 1.54) is 18.4 Å². The van der Waals surface area contributed by atoms with Crippen LogP contribution in [0.2, 0.25) is 0 Å². The third-order valence-corrected chi connectivity index (χ3v) is 3.67. The van der Waals surface area contributed by atoms with Crippen molar-refractivity contribution >= 4 is 5.97 Å². The molecular formula is C11H14N2O2. The van der Waals surface area contributed by atoms with E-state index in [9.17, 15) is 9.90 Å². The second kappa shape index (κ2) is 2.84. The monoisotopic (exact) mass is 206 g/mol. The Morgan fingerprint density at radius 3 is 2.73 bits per heavy atom. The Morgan fingerprint density at radius 1 is 1.53 bits per heavy atom. The van der Waals surface area contributed by atoms with Crippen molar-refractivity contribution in [3.8, 4) is 0 Å². The minimum atomic E-state index is -0.737. The number of carbonyl (C=O) groups is 1. The molecule has 2 fully saturated rings. The van der Waals surface area contributed by atoms with Crippen LogP contribution in [0, 0.1) is 0 Å². The maximum atomic E-state index is 11.2. The summed E-state index contributed by atoms with van der Waals surface area (Å²) in [6, 6.07) is 0. The third-order valence-electron chi connectivity index (χ3n) is 3.67. The van der Waals surface area contributed by atoms with Crippen LogP contribution in [0.1, 0.15) is 43.6 Å². The molecule has 1 heterocycles. The van der Waals surface area contributed by atoms with E-state index in [1.807, 2.05) is 12.4 Å². The first-order valence-corrected chi connectivity index (χ1v) is 5.51. The summed E-state index contributed by atoms with van der Waals surface area (Å²) in [5.41, 5.74) is 0.482. The van der Waals surface area contributed by atoms with Gasteiger partial charge in [-0.1, -0.05) is 0 Å². The summed E-state index contributed by atoms with van der Waals surface area (Å²) in [5, 5.41) is 13.5. The van der Waals surface area contributed by atoms with Crippen LogP contribution >= 0.6 is 0 Å². The van der Waals surface area contributed by atoms with Crippen LogP contribution in [0.3, 0.4) is 0 Å². The quantitative estimate of drug-likeness (QED) is 0.819. The summed E-state index contributed by atoms with van der Waals surface area (Å²) in [5.74, 6) is -0.0936. The number of carboxylic acid groups (broad SMARTS) is 1. The van der Waals surface area contributed by atoms with Gasteiger partial charge in [-0.2, -0.15) is 5.10 Å². The molecule has 2 saturated carbocycles. The molecule has 2 aliphatic rings. The second-order valence-electron chi connectivity index (χ2n) is 4.68. The summed E-state index contributed by atoms with van der Waals surface area (Å²) < 4.78 is 1.67. The van der Waals surface area contributed by atoms with E-state index in [4.69, 9.17) is 0 Å². The maximum absolute atomic E-state index is 11.2. The predicted octanol–water partition coefficient (Wildman–Crippen LogP) is 1.72. The fraction of sp³-hybridized carbons (Fsp3) is 0.636. The van der Waals surface area contributed by atoms with Gasteiger partial charge in [-0.25, -0.2) is 4.79 Å². The first-order chi connectivity index (χ1) is 7.22. The summed E-state index contributed by atoms with van der Waals surface area (Å²) in [6.45, 7) is 0. The fourth-order valence-electron chi connectivity index (χ4n) is 2.25. The first-order valence-electron chi connectivity index (χ1n) is 5.51. The van der Waals surface area contributed by atoms with Crippen molar-refractivity contribution in [3.63, 3.8) is 0 Å². The Kier molecular flexibility index (Phi) is 1.69. The molecular weight excluding hydrogens is 192 g/mol. The van der Waals surface area contributed by atoms with Gasteiger partial charge in [0.25, 0.3) is 0 Å². The number of carboxylic acids is 1. The van der Waals surface area contributed by atoms with Gasteiger partial charge in [0.1, 0.15) is 0 Å². The molecule has 0 aromatic carbocycles. The summed E-state index contributed by atoms with van der Waals surface area (Å²) in [6.07, 6.45) is 8.65. The summed E-state index contributed by atoms with van der Waals surface area (Å²) in [7, 11) is 0. The Morgan fingerprint density at radius 2 is 2.27 bits per heavy atom. The van der Waals surface area contributed by atoms with Crippen molar-refractivity contribution in [1.29, 1.82) is 0 Å². The average molecular weight is 206 g/mol. The van der Waals surface area contributed by atoms with Gasteiger partial charge >= 0.3 is 5.97 Å². The largest absolute Gasteiger partial charge is 0.479 e. The molecule has 1 aromatic heterocycles. The van der Waals surface area contributed by atoms with Crippen molar-refractivity contribution in [2.24, 2.45) is 0 Å². The van der Waals surface area contributed by atoms with E-state index in [0.29, 0.717) is 18.8 Å². The number of aromatic nitrogens is 2. The highest BCUT2D eigenvalue weighted by molar-refractivity contribution is 5.77. The van der Waals surface area contributed by atoms with E-state index in [2.05, 4.69) is 5.10 Å². The van der Waals surface area contributed by atoms with E-state index in [0.717, 1.165) is 6.42 Å². The topological polar surface area (TPSA) is 55.1 Å². The molecule has 80 valence electrons. The van der Waals surface area contributed by atoms with Crippen LogP contribution in [-0.4, -0.2) is 20.9 Å². The van der Waals surface area contributed by atoms with Gasteiger partial charge in [-0.05, 0) is 43.6 Å². The Labute approximate surface area is 87.9 Å². The number of aliphatic carboxylic acids is 1. The zero-order chi connectivity index (χ0) is 10.5. The number of rotatable bonds is 3. The van der Waals surface area contributed by atoms with Crippen LogP contribution in [0.15, 0.2) is 12.4 Å². The zero-order valence-corrected chi connectivity index (χ0v) is 8.52. The van der Waals surface area contributed by atoms with E-state index in [1.54, 1.807) is 4.68 Å². The minimum Gasteiger partial charge on any atom is -0.479 e. The molecule has 0 spiro atoms. The maximum Gasteiger partial charge on any atom is 0.331 e. The Hall–Kier alpha value is -1.32. The lowest BCUT2D eigenvalue weighted by atomic mass is 9.77. The molecule has 0 aliphatic heterocycles. The Balaban J connectivity index is 1.92. The van der Waals surface area contributed by atoms with Gasteiger partial charge < -0.3 is 5.11 Å². The lowest BCUT2D eigenvalue weighted by Crippen LogP contribution is -2.48. The highest BCUT2D eigenvalue weighted by atomic mass is 16.4. The van der Waals surface area contributed by atoms with Crippen molar-refractivity contribution < 1.29 is 9.90 Å². The van der Waals surface area contributed by atoms with Crippen molar-refractivity contribution in [3.05, 3.63) is 18.0 Å². The minimum absolute atomic E-state index is 0.643. The first kappa shape index (κ1) is 8.95. The number of hydrogen-bond acceptors (Lipinski definition) is 2. The lowest BCUT2D eigenvalue weighted by molar-refractivity contribution is -0.153. The van der Waals surface area contributed by atoms with Crippen LogP contribution in [0.25, 0.3) is 0 Å². The van der Waals surface area contributed by atoms with Gasteiger partial charge in [0.15, 0.2) is 5.54 Å². The molecule has 15 heavy (non-hydrogen) atoms. The lowest BCUT2D eigenvalue weighted by Gasteiger charge is -2.37. The van der Waals surface area contributed by atoms with E-state index >= 15 is 0 Å². The Bertz CT molecular complexity index is 402. The van der Waals surface area contributed by atoms with Crippen LogP contribution < -0.4 is 0 Å². The van der Waals surface area contributed by atoms with Gasteiger partial charge in [-0.15, -0.1) is 0 Å². The van der Waals surface area contributed by atoms with Gasteiger partial charge in [-0.3, -0.25) is 4.68 Å². The molecule has 0 unspecified atom stereocenters. The second-order valence-corrected chi connectivity index (χ2v) is 4.68. The zero-order valence-electron chi connectivity index (χ0n) is 8.52. The van der Waals surface area contributed by atoms with Gasteiger partial charge in [0.2, 0.25) is 0 Å². The molecule has 0 atom stereocenters. The highest BCUT2D eigenvalue weighted by Crippen LogP contribution is 2.43. The molecule has 0 radical (unpaired) electrons. The molecule has 0 amide bonds. The SMILES string of the molecule is O=C(O)C1(n2cc(C3CC3)cn2)CCC1. The molecule has 4 nitrogen and oxygen atoms in total. The summed E-state index contributed by atoms with van der Waals surface area (Å²) in [4.78, 5) is 11.2. The summed E-state index contributed by atoms with van der Waals surface area (Å²) >= 11 is 0.